The van der Waals surface area contributed by atoms with Crippen molar-refractivity contribution >= 4 is 11.5 Å². The maximum atomic E-state index is 12.2. The largest absolute Gasteiger partial charge is 0.353 e. The van der Waals surface area contributed by atoms with Gasteiger partial charge in [0.05, 0.1) is 23.4 Å². The van der Waals surface area contributed by atoms with Crippen molar-refractivity contribution in [1.82, 2.24) is 14.8 Å². The smallest absolute Gasteiger partial charge is 0.287 e. The van der Waals surface area contributed by atoms with Gasteiger partial charge in [-0.3, -0.25) is 19.8 Å². The van der Waals surface area contributed by atoms with Gasteiger partial charge >= 0.3 is 0 Å². The summed E-state index contributed by atoms with van der Waals surface area (Å²) >= 11 is 0. The fourth-order valence-electron chi connectivity index (χ4n) is 2.03. The van der Waals surface area contributed by atoms with Crippen molar-refractivity contribution in [3.63, 3.8) is 0 Å². The Morgan fingerprint density at radius 2 is 2.05 bits per heavy atom. The van der Waals surface area contributed by atoms with Gasteiger partial charge in [0, 0.05) is 25.7 Å². The first-order valence-electron chi connectivity index (χ1n) is 7.02. The maximum absolute atomic E-state index is 12.2. The highest BCUT2D eigenvalue weighted by molar-refractivity contribution is 5.96. The van der Waals surface area contributed by atoms with E-state index in [0.29, 0.717) is 11.6 Å². The summed E-state index contributed by atoms with van der Waals surface area (Å²) in [5.74, 6) is 0.334. The summed E-state index contributed by atoms with van der Waals surface area (Å²) in [6.07, 6.45) is 1.25. The van der Waals surface area contributed by atoms with Crippen LogP contribution < -0.4 is 0 Å². The lowest BCUT2D eigenvalue weighted by atomic mass is 10.2. The van der Waals surface area contributed by atoms with Crippen LogP contribution in [-0.2, 0) is 0 Å². The highest BCUT2D eigenvalue weighted by Gasteiger charge is 2.18. The van der Waals surface area contributed by atoms with Gasteiger partial charge in [0.1, 0.15) is 0 Å². The number of carbonyl (C=O) groups is 1. The zero-order valence-corrected chi connectivity index (χ0v) is 13.1. The summed E-state index contributed by atoms with van der Waals surface area (Å²) in [7, 11) is 3.98. The molecule has 21 heavy (non-hydrogen) atoms. The van der Waals surface area contributed by atoms with Crippen LogP contribution in [0.2, 0.25) is 0 Å². The van der Waals surface area contributed by atoms with E-state index in [1.54, 1.807) is 0 Å². The number of aromatic amines is 1. The summed E-state index contributed by atoms with van der Waals surface area (Å²) in [4.78, 5) is 29.2. The van der Waals surface area contributed by atoms with Gasteiger partial charge in [0.25, 0.3) is 5.69 Å². The molecule has 1 aromatic rings. The van der Waals surface area contributed by atoms with Gasteiger partial charge in [-0.2, -0.15) is 0 Å². The second kappa shape index (κ2) is 7.90. The number of nitro groups is 1. The molecule has 7 nitrogen and oxygen atoms in total. The van der Waals surface area contributed by atoms with Crippen LogP contribution in [0.4, 0.5) is 5.69 Å². The number of hydrogen-bond acceptors (Lipinski definition) is 5. The Bertz CT molecular complexity index is 482. The number of nitrogens with zero attached hydrogens (tertiary/aromatic N) is 3. The fraction of sp³-hybridized carbons (Fsp3) is 0.643. The lowest BCUT2D eigenvalue weighted by Crippen LogP contribution is -2.38. The topological polar surface area (TPSA) is 82.5 Å². The molecule has 1 N–H and O–H groups in total. The van der Waals surface area contributed by atoms with Crippen molar-refractivity contribution in [1.29, 1.82) is 0 Å². The molecule has 1 rings (SSSR count). The van der Waals surface area contributed by atoms with E-state index in [-0.39, 0.29) is 18.0 Å². The van der Waals surface area contributed by atoms with Crippen LogP contribution in [0.3, 0.4) is 0 Å². The number of likely N-dealkylation sites (N-methyl/N-ethyl adjacent to an activating group) is 1. The molecule has 0 radical (unpaired) electrons. The average molecular weight is 296 g/mol. The minimum Gasteiger partial charge on any atom is -0.353 e. The minimum absolute atomic E-state index is 0.0814. The molecule has 0 saturated heterocycles. The van der Waals surface area contributed by atoms with E-state index in [0.717, 1.165) is 19.6 Å². The van der Waals surface area contributed by atoms with E-state index in [1.807, 2.05) is 14.1 Å². The summed E-state index contributed by atoms with van der Waals surface area (Å²) < 4.78 is 0. The van der Waals surface area contributed by atoms with Gasteiger partial charge in [-0.15, -0.1) is 0 Å². The molecular weight excluding hydrogens is 272 g/mol. The fourth-order valence-corrected chi connectivity index (χ4v) is 2.03. The van der Waals surface area contributed by atoms with E-state index in [9.17, 15) is 14.9 Å². The average Bonchev–Trinajstić information content (AvgIpc) is 2.84. The molecule has 0 amide bonds. The monoisotopic (exact) mass is 296 g/mol. The summed E-state index contributed by atoms with van der Waals surface area (Å²) in [6, 6.07) is 1.29. The summed E-state index contributed by atoms with van der Waals surface area (Å²) in [5.41, 5.74) is 0.211. The molecule has 7 heteroatoms. The van der Waals surface area contributed by atoms with Gasteiger partial charge in [0.2, 0.25) is 0 Å². The van der Waals surface area contributed by atoms with Crippen molar-refractivity contribution < 1.29 is 9.72 Å². The Labute approximate surface area is 125 Å². The van der Waals surface area contributed by atoms with Crippen LogP contribution >= 0.6 is 0 Å². The zero-order valence-electron chi connectivity index (χ0n) is 13.1. The van der Waals surface area contributed by atoms with Gasteiger partial charge < -0.3 is 9.88 Å². The predicted octanol–water partition coefficient (Wildman–Crippen LogP) is 1.63. The number of ketones is 1. The molecule has 1 aromatic heterocycles. The van der Waals surface area contributed by atoms with E-state index in [4.69, 9.17) is 0 Å². The molecule has 0 aromatic carbocycles. The van der Waals surface area contributed by atoms with E-state index in [1.165, 1.54) is 12.3 Å². The Morgan fingerprint density at radius 3 is 2.52 bits per heavy atom. The van der Waals surface area contributed by atoms with E-state index < -0.39 is 4.92 Å². The van der Waals surface area contributed by atoms with Crippen molar-refractivity contribution in [2.45, 2.75) is 13.8 Å². The first-order chi connectivity index (χ1) is 9.79. The Balaban J connectivity index is 2.67. The summed E-state index contributed by atoms with van der Waals surface area (Å²) in [5, 5.41) is 10.6. The van der Waals surface area contributed by atoms with Crippen LogP contribution in [0.15, 0.2) is 12.3 Å². The minimum atomic E-state index is -0.509. The number of aromatic nitrogens is 1. The lowest BCUT2D eigenvalue weighted by Gasteiger charge is -2.24. The van der Waals surface area contributed by atoms with Gasteiger partial charge in [-0.1, -0.05) is 13.8 Å². The molecule has 1 heterocycles. The van der Waals surface area contributed by atoms with Crippen LogP contribution in [0, 0.1) is 16.0 Å². The maximum Gasteiger partial charge on any atom is 0.287 e. The van der Waals surface area contributed by atoms with Crippen molar-refractivity contribution in [2.75, 3.05) is 40.3 Å². The van der Waals surface area contributed by atoms with Crippen LogP contribution in [-0.4, -0.2) is 65.8 Å². The van der Waals surface area contributed by atoms with Crippen molar-refractivity contribution in [3.8, 4) is 0 Å². The molecule has 0 fully saturated rings. The third kappa shape index (κ3) is 6.05. The molecule has 0 aliphatic rings. The third-order valence-electron chi connectivity index (χ3n) is 3.03. The Kier molecular flexibility index (Phi) is 6.51. The predicted molar refractivity (Wildman–Crippen MR) is 81.6 cm³/mol. The van der Waals surface area contributed by atoms with Crippen LogP contribution in [0.1, 0.15) is 24.3 Å². The van der Waals surface area contributed by atoms with Gasteiger partial charge in [-0.05, 0) is 20.0 Å². The number of H-pyrrole nitrogens is 1. The van der Waals surface area contributed by atoms with Crippen LogP contribution in [0.5, 0.6) is 0 Å². The number of carbonyl (C=O) groups excluding carboxylic acids is 1. The van der Waals surface area contributed by atoms with Gasteiger partial charge in [-0.25, -0.2) is 0 Å². The Hall–Kier alpha value is -1.73. The lowest BCUT2D eigenvalue weighted by molar-refractivity contribution is -0.384. The molecule has 0 saturated carbocycles. The van der Waals surface area contributed by atoms with Crippen LogP contribution in [0.25, 0.3) is 0 Å². The molecule has 0 aliphatic heterocycles. The first-order valence-corrected chi connectivity index (χ1v) is 7.02. The normalized spacial score (nSPS) is 11.6. The van der Waals surface area contributed by atoms with Gasteiger partial charge in [0.15, 0.2) is 5.78 Å². The quantitative estimate of drug-likeness (QED) is 0.425. The molecule has 118 valence electrons. The SMILES string of the molecule is CC(C)CN(CCN(C)C)CC(=O)c1cc([N+](=O)[O-])c[nH]1. The van der Waals surface area contributed by atoms with Crippen molar-refractivity contribution in [3.05, 3.63) is 28.1 Å². The number of rotatable bonds is 9. The second-order valence-electron chi connectivity index (χ2n) is 5.88. The molecule has 0 aliphatic carbocycles. The standard InChI is InChI=1S/C14H24N4O3/c1-11(2)9-17(6-5-16(3)4)10-14(19)13-7-12(8-15-13)18(20)21/h7-8,11,15H,5-6,9-10H2,1-4H3. The molecule has 0 bridgehead atoms. The third-order valence-corrected chi connectivity index (χ3v) is 3.03. The number of nitrogens with one attached hydrogen (secondary N) is 1. The Morgan fingerprint density at radius 1 is 1.38 bits per heavy atom. The first kappa shape index (κ1) is 17.3. The zero-order chi connectivity index (χ0) is 16.0. The number of hydrogen-bond donors (Lipinski definition) is 1. The second-order valence-corrected chi connectivity index (χ2v) is 5.88. The molecular formula is C14H24N4O3. The molecule has 0 unspecified atom stereocenters. The summed E-state index contributed by atoms with van der Waals surface area (Å²) in [6.45, 7) is 6.95. The highest BCUT2D eigenvalue weighted by Crippen LogP contribution is 2.13. The van der Waals surface area contributed by atoms with E-state index in [2.05, 4.69) is 28.6 Å². The molecule has 0 spiro atoms. The highest BCUT2D eigenvalue weighted by atomic mass is 16.6. The van der Waals surface area contributed by atoms with E-state index >= 15 is 0 Å². The number of Topliss-reactive ketones (excluding diaryl/α,β-unsaturated/α-hetero) is 1. The molecule has 0 atom stereocenters. The van der Waals surface area contributed by atoms with Crippen molar-refractivity contribution in [2.24, 2.45) is 5.92 Å².